The van der Waals surface area contributed by atoms with Crippen molar-refractivity contribution in [2.45, 2.75) is 0 Å². The van der Waals surface area contributed by atoms with Gasteiger partial charge in [0.25, 0.3) is 11.1 Å². The zero-order valence-corrected chi connectivity index (χ0v) is 18.0. The number of benzene rings is 2. The van der Waals surface area contributed by atoms with Gasteiger partial charge in [0.05, 0.1) is 23.6 Å². The van der Waals surface area contributed by atoms with Gasteiger partial charge in [-0.25, -0.2) is 0 Å². The van der Waals surface area contributed by atoms with E-state index in [9.17, 15) is 14.4 Å². The Balaban J connectivity index is 1.68. The average Bonchev–Trinajstić information content (AvgIpc) is 2.96. The van der Waals surface area contributed by atoms with Gasteiger partial charge in [0.15, 0.2) is 0 Å². The first-order valence-electron chi connectivity index (χ1n) is 8.44. The van der Waals surface area contributed by atoms with Crippen LogP contribution in [0.3, 0.4) is 0 Å². The van der Waals surface area contributed by atoms with Crippen LogP contribution >= 0.6 is 27.7 Å². The third kappa shape index (κ3) is 4.99. The van der Waals surface area contributed by atoms with E-state index in [0.717, 1.165) is 26.7 Å². The van der Waals surface area contributed by atoms with Crippen LogP contribution in [0.25, 0.3) is 6.08 Å². The van der Waals surface area contributed by atoms with Crippen LogP contribution in [-0.4, -0.2) is 42.7 Å². The summed E-state index contributed by atoms with van der Waals surface area (Å²) < 4.78 is 11.0. The fourth-order valence-electron chi connectivity index (χ4n) is 2.58. The number of thioether (sulfide) groups is 1. The Hall–Kier alpha value is -2.78. The number of halogens is 1. The predicted molar refractivity (Wildman–Crippen MR) is 115 cm³/mol. The molecule has 7 nitrogen and oxygen atoms in total. The van der Waals surface area contributed by atoms with Gasteiger partial charge in [-0.2, -0.15) is 0 Å². The van der Waals surface area contributed by atoms with E-state index in [4.69, 9.17) is 9.47 Å². The van der Waals surface area contributed by atoms with Crippen molar-refractivity contribution >= 4 is 56.5 Å². The second-order valence-corrected chi connectivity index (χ2v) is 7.79. The maximum Gasteiger partial charge on any atom is 0.294 e. The van der Waals surface area contributed by atoms with Crippen molar-refractivity contribution in [1.82, 2.24) is 4.90 Å². The fraction of sp³-hybridized carbons (Fsp3) is 0.150. The number of hydrogen-bond donors (Lipinski definition) is 1. The SMILES string of the molecule is COc1ccc(NC(=O)CN2C(=O)S/C(=C/c3ccc(OC)c(Br)c3)C2=O)cc1. The number of nitrogens with one attached hydrogen (secondary N) is 1. The molecule has 0 radical (unpaired) electrons. The maximum absolute atomic E-state index is 12.6. The fourth-order valence-corrected chi connectivity index (χ4v) is 3.98. The molecule has 1 aliphatic heterocycles. The van der Waals surface area contributed by atoms with Gasteiger partial charge in [0.2, 0.25) is 5.91 Å². The smallest absolute Gasteiger partial charge is 0.294 e. The number of hydrogen-bond acceptors (Lipinski definition) is 6. The van der Waals surface area contributed by atoms with E-state index >= 15 is 0 Å². The lowest BCUT2D eigenvalue weighted by molar-refractivity contribution is -0.127. The summed E-state index contributed by atoms with van der Waals surface area (Å²) in [7, 11) is 3.10. The molecule has 1 fully saturated rings. The molecule has 0 saturated carbocycles. The van der Waals surface area contributed by atoms with Crippen LogP contribution in [-0.2, 0) is 9.59 Å². The summed E-state index contributed by atoms with van der Waals surface area (Å²) in [6.07, 6.45) is 1.61. The Morgan fingerprint density at radius 1 is 1.14 bits per heavy atom. The zero-order chi connectivity index (χ0) is 21.0. The van der Waals surface area contributed by atoms with Crippen LogP contribution in [0, 0.1) is 0 Å². The number of methoxy groups -OCH3 is 2. The molecule has 150 valence electrons. The minimum atomic E-state index is -0.503. The number of imide groups is 1. The molecule has 9 heteroatoms. The molecule has 1 saturated heterocycles. The molecule has 1 N–H and O–H groups in total. The van der Waals surface area contributed by atoms with Crippen molar-refractivity contribution in [3.63, 3.8) is 0 Å². The highest BCUT2D eigenvalue weighted by atomic mass is 79.9. The molecule has 0 spiro atoms. The van der Waals surface area contributed by atoms with Gasteiger partial charge in [-0.3, -0.25) is 19.3 Å². The molecule has 0 aromatic heterocycles. The minimum absolute atomic E-state index is 0.254. The highest BCUT2D eigenvalue weighted by Crippen LogP contribution is 2.33. The third-order valence-corrected chi connectivity index (χ3v) is 5.55. The standard InChI is InChI=1S/C20H17BrN2O5S/c1-27-14-6-4-13(5-7-14)22-18(24)11-23-19(25)17(29-20(23)26)10-12-3-8-16(28-2)15(21)9-12/h3-10H,11H2,1-2H3,(H,22,24)/b17-10+. The van der Waals surface area contributed by atoms with Gasteiger partial charge < -0.3 is 14.8 Å². The molecule has 2 aromatic rings. The molecule has 3 rings (SSSR count). The van der Waals surface area contributed by atoms with Gasteiger partial charge >= 0.3 is 0 Å². The topological polar surface area (TPSA) is 84.9 Å². The maximum atomic E-state index is 12.6. The quantitative estimate of drug-likeness (QED) is 0.630. The normalized spacial score (nSPS) is 15.0. The Bertz CT molecular complexity index is 991. The monoisotopic (exact) mass is 476 g/mol. The number of ether oxygens (including phenoxy) is 2. The lowest BCUT2D eigenvalue weighted by atomic mass is 10.2. The number of rotatable bonds is 6. The second-order valence-electron chi connectivity index (χ2n) is 5.94. The molecule has 3 amide bonds. The Kier molecular flexibility index (Phi) is 6.60. The Morgan fingerprint density at radius 3 is 2.48 bits per heavy atom. The summed E-state index contributed by atoms with van der Waals surface area (Å²) in [6, 6.07) is 12.1. The van der Waals surface area contributed by atoms with Crippen LogP contribution in [0.15, 0.2) is 51.8 Å². The van der Waals surface area contributed by atoms with Gasteiger partial charge in [-0.05, 0) is 75.7 Å². The van der Waals surface area contributed by atoms with E-state index in [1.165, 1.54) is 0 Å². The molecule has 0 bridgehead atoms. The Labute approximate surface area is 180 Å². The van der Waals surface area contributed by atoms with E-state index in [-0.39, 0.29) is 11.4 Å². The molecular weight excluding hydrogens is 460 g/mol. The number of carbonyl (C=O) groups excluding carboxylic acids is 3. The third-order valence-electron chi connectivity index (χ3n) is 4.02. The van der Waals surface area contributed by atoms with E-state index in [0.29, 0.717) is 17.2 Å². The average molecular weight is 477 g/mol. The number of anilines is 1. The van der Waals surface area contributed by atoms with Crippen molar-refractivity contribution < 1.29 is 23.9 Å². The van der Waals surface area contributed by atoms with Gasteiger partial charge in [-0.15, -0.1) is 0 Å². The molecular formula is C20H17BrN2O5S. The van der Waals surface area contributed by atoms with Crippen LogP contribution in [0.2, 0.25) is 0 Å². The number of carbonyl (C=O) groups is 3. The highest BCUT2D eigenvalue weighted by molar-refractivity contribution is 9.10. The van der Waals surface area contributed by atoms with E-state index in [1.54, 1.807) is 62.8 Å². The highest BCUT2D eigenvalue weighted by Gasteiger charge is 2.36. The lowest BCUT2D eigenvalue weighted by Gasteiger charge is -2.12. The zero-order valence-electron chi connectivity index (χ0n) is 15.6. The van der Waals surface area contributed by atoms with Gasteiger partial charge in [-0.1, -0.05) is 6.07 Å². The summed E-state index contributed by atoms with van der Waals surface area (Å²) in [5.74, 6) is 0.345. The Morgan fingerprint density at radius 2 is 1.86 bits per heavy atom. The van der Waals surface area contributed by atoms with E-state index in [1.807, 2.05) is 0 Å². The van der Waals surface area contributed by atoms with Gasteiger partial charge in [0, 0.05) is 5.69 Å². The first-order valence-corrected chi connectivity index (χ1v) is 10.0. The largest absolute Gasteiger partial charge is 0.497 e. The van der Waals surface area contributed by atoms with Crippen LogP contribution in [0.4, 0.5) is 10.5 Å². The second kappa shape index (κ2) is 9.15. The minimum Gasteiger partial charge on any atom is -0.497 e. The molecule has 0 atom stereocenters. The molecule has 0 unspecified atom stereocenters. The van der Waals surface area contributed by atoms with Crippen molar-refractivity contribution in [3.8, 4) is 11.5 Å². The number of nitrogens with zero attached hydrogens (tertiary/aromatic N) is 1. The molecule has 0 aliphatic carbocycles. The summed E-state index contributed by atoms with van der Waals surface area (Å²) in [4.78, 5) is 38.2. The summed E-state index contributed by atoms with van der Waals surface area (Å²) >= 11 is 4.19. The lowest BCUT2D eigenvalue weighted by Crippen LogP contribution is -2.36. The van der Waals surface area contributed by atoms with Crippen LogP contribution < -0.4 is 14.8 Å². The summed E-state index contributed by atoms with van der Waals surface area (Å²) in [5.41, 5.74) is 1.27. The molecule has 1 heterocycles. The first-order chi connectivity index (χ1) is 13.9. The number of amides is 3. The predicted octanol–water partition coefficient (Wildman–Crippen LogP) is 4.14. The van der Waals surface area contributed by atoms with Gasteiger partial charge in [0.1, 0.15) is 18.0 Å². The van der Waals surface area contributed by atoms with Crippen LogP contribution in [0.1, 0.15) is 5.56 Å². The molecule has 29 heavy (non-hydrogen) atoms. The van der Waals surface area contributed by atoms with E-state index < -0.39 is 17.1 Å². The van der Waals surface area contributed by atoms with Crippen molar-refractivity contribution in [2.75, 3.05) is 26.1 Å². The van der Waals surface area contributed by atoms with Crippen molar-refractivity contribution in [2.24, 2.45) is 0 Å². The van der Waals surface area contributed by atoms with E-state index in [2.05, 4.69) is 21.2 Å². The van der Waals surface area contributed by atoms with Crippen LogP contribution in [0.5, 0.6) is 11.5 Å². The molecule has 1 aliphatic rings. The van der Waals surface area contributed by atoms with Crippen molar-refractivity contribution in [1.29, 1.82) is 0 Å². The summed E-state index contributed by atoms with van der Waals surface area (Å²) in [6.45, 7) is -0.361. The summed E-state index contributed by atoms with van der Waals surface area (Å²) in [5, 5.41) is 2.17. The first kappa shape index (κ1) is 20.9. The van der Waals surface area contributed by atoms with Crippen molar-refractivity contribution in [3.05, 3.63) is 57.4 Å². The molecule has 2 aromatic carbocycles.